The third-order valence-corrected chi connectivity index (χ3v) is 6.56. The van der Waals surface area contributed by atoms with E-state index in [1.807, 2.05) is 35.9 Å². The summed E-state index contributed by atoms with van der Waals surface area (Å²) < 4.78 is 0. The van der Waals surface area contributed by atoms with Gasteiger partial charge in [0.05, 0.1) is 0 Å². The molecule has 0 radical (unpaired) electrons. The predicted molar refractivity (Wildman–Crippen MR) is 123 cm³/mol. The Morgan fingerprint density at radius 3 is 2.63 bits per heavy atom. The maximum atomic E-state index is 12.6. The van der Waals surface area contributed by atoms with Crippen LogP contribution in [0.25, 0.3) is 0 Å². The largest absolute Gasteiger partial charge is 0.337 e. The summed E-state index contributed by atoms with van der Waals surface area (Å²) in [6.45, 7) is 5.19. The first-order valence-electron chi connectivity index (χ1n) is 9.80. The first kappa shape index (κ1) is 22.4. The molecule has 0 unspecified atom stereocenters. The van der Waals surface area contributed by atoms with Crippen LogP contribution in [0.2, 0.25) is 0 Å². The van der Waals surface area contributed by atoms with E-state index in [-0.39, 0.29) is 23.8 Å². The SMILES string of the molecule is CSc1nc(C)c(CCC(=O)Nc2ccc(C(=O)N3CCSCC3)cc2C)c(=O)[nH]1. The lowest BCUT2D eigenvalue weighted by atomic mass is 10.1. The minimum atomic E-state index is -0.199. The Morgan fingerprint density at radius 1 is 1.27 bits per heavy atom. The highest BCUT2D eigenvalue weighted by Crippen LogP contribution is 2.20. The van der Waals surface area contributed by atoms with Gasteiger partial charge in [-0.25, -0.2) is 4.98 Å². The number of carbonyl (C=O) groups excluding carboxylic acids is 2. The van der Waals surface area contributed by atoms with E-state index in [1.54, 1.807) is 19.1 Å². The zero-order chi connectivity index (χ0) is 21.7. The first-order chi connectivity index (χ1) is 14.4. The highest BCUT2D eigenvalue weighted by atomic mass is 32.2. The summed E-state index contributed by atoms with van der Waals surface area (Å²) in [6.07, 6.45) is 2.34. The molecule has 1 aliphatic heterocycles. The van der Waals surface area contributed by atoms with Crippen LogP contribution in [-0.4, -0.2) is 57.5 Å². The van der Waals surface area contributed by atoms with Gasteiger partial charge in [0.25, 0.3) is 11.5 Å². The van der Waals surface area contributed by atoms with Crippen LogP contribution in [0, 0.1) is 13.8 Å². The van der Waals surface area contributed by atoms with Gasteiger partial charge in [-0.15, -0.1) is 0 Å². The highest BCUT2D eigenvalue weighted by Gasteiger charge is 2.19. The van der Waals surface area contributed by atoms with Crippen molar-refractivity contribution < 1.29 is 9.59 Å². The Bertz CT molecular complexity index is 1000. The molecule has 2 aromatic rings. The second-order valence-corrected chi connectivity index (χ2v) is 9.14. The lowest BCUT2D eigenvalue weighted by molar-refractivity contribution is -0.116. The van der Waals surface area contributed by atoms with E-state index in [4.69, 9.17) is 0 Å². The van der Waals surface area contributed by atoms with Gasteiger partial charge in [0, 0.05) is 53.5 Å². The Hall–Kier alpha value is -2.26. The van der Waals surface area contributed by atoms with Crippen molar-refractivity contribution >= 4 is 41.0 Å². The fourth-order valence-corrected chi connectivity index (χ4v) is 4.64. The van der Waals surface area contributed by atoms with Gasteiger partial charge in [-0.05, 0) is 50.3 Å². The molecule has 2 amide bonds. The number of anilines is 1. The molecular formula is C21H26N4O3S2. The molecule has 0 spiro atoms. The van der Waals surface area contributed by atoms with Crippen LogP contribution in [0.5, 0.6) is 0 Å². The van der Waals surface area contributed by atoms with Gasteiger partial charge in [0.15, 0.2) is 5.16 Å². The third kappa shape index (κ3) is 5.46. The fourth-order valence-electron chi connectivity index (χ4n) is 3.31. The van der Waals surface area contributed by atoms with Crippen molar-refractivity contribution in [3.63, 3.8) is 0 Å². The Morgan fingerprint density at radius 2 is 2.00 bits per heavy atom. The first-order valence-corrected chi connectivity index (χ1v) is 12.2. The molecular weight excluding hydrogens is 420 g/mol. The quantitative estimate of drug-likeness (QED) is 0.523. The molecule has 160 valence electrons. The van der Waals surface area contributed by atoms with E-state index in [1.165, 1.54) is 11.8 Å². The van der Waals surface area contributed by atoms with Crippen molar-refractivity contribution in [1.29, 1.82) is 0 Å². The molecule has 2 N–H and O–H groups in total. The van der Waals surface area contributed by atoms with Crippen molar-refractivity contribution in [3.8, 4) is 0 Å². The van der Waals surface area contributed by atoms with E-state index < -0.39 is 0 Å². The van der Waals surface area contributed by atoms with Crippen LogP contribution in [0.15, 0.2) is 28.2 Å². The van der Waals surface area contributed by atoms with Crippen LogP contribution in [0.3, 0.4) is 0 Å². The summed E-state index contributed by atoms with van der Waals surface area (Å²) >= 11 is 3.23. The van der Waals surface area contributed by atoms with Crippen LogP contribution in [0.1, 0.15) is 33.6 Å². The molecule has 1 saturated heterocycles. The second-order valence-electron chi connectivity index (χ2n) is 7.12. The fraction of sp³-hybridized carbons (Fsp3) is 0.429. The number of aryl methyl sites for hydroxylation is 2. The van der Waals surface area contributed by atoms with Gasteiger partial charge in [0.2, 0.25) is 5.91 Å². The molecule has 1 fully saturated rings. The van der Waals surface area contributed by atoms with E-state index in [2.05, 4.69) is 15.3 Å². The number of benzene rings is 1. The number of carbonyl (C=O) groups is 2. The summed E-state index contributed by atoms with van der Waals surface area (Å²) in [5.41, 5.74) is 3.12. The summed E-state index contributed by atoms with van der Waals surface area (Å²) in [5, 5.41) is 3.45. The molecule has 7 nitrogen and oxygen atoms in total. The number of aromatic amines is 1. The Kier molecular flexibility index (Phi) is 7.60. The number of H-pyrrole nitrogens is 1. The Labute approximate surface area is 184 Å². The average Bonchev–Trinajstić information content (AvgIpc) is 2.74. The summed E-state index contributed by atoms with van der Waals surface area (Å²) in [4.78, 5) is 46.2. The molecule has 1 aromatic heterocycles. The maximum Gasteiger partial charge on any atom is 0.254 e. The number of rotatable bonds is 6. The number of nitrogens with one attached hydrogen (secondary N) is 2. The average molecular weight is 447 g/mol. The predicted octanol–water partition coefficient (Wildman–Crippen LogP) is 2.87. The van der Waals surface area contributed by atoms with Crippen LogP contribution in [-0.2, 0) is 11.2 Å². The number of hydrogen-bond acceptors (Lipinski definition) is 6. The van der Waals surface area contributed by atoms with Crippen molar-refractivity contribution in [2.24, 2.45) is 0 Å². The zero-order valence-electron chi connectivity index (χ0n) is 17.4. The molecule has 2 heterocycles. The second kappa shape index (κ2) is 10.2. The number of nitrogens with zero attached hydrogens (tertiary/aromatic N) is 2. The molecule has 30 heavy (non-hydrogen) atoms. The minimum absolute atomic E-state index is 0.0344. The van der Waals surface area contributed by atoms with Crippen molar-refractivity contribution in [3.05, 3.63) is 50.9 Å². The van der Waals surface area contributed by atoms with Crippen molar-refractivity contribution in [1.82, 2.24) is 14.9 Å². The number of hydrogen-bond donors (Lipinski definition) is 2. The highest BCUT2D eigenvalue weighted by molar-refractivity contribution is 7.99. The molecule has 0 bridgehead atoms. The molecule has 0 atom stereocenters. The van der Waals surface area contributed by atoms with E-state index >= 15 is 0 Å². The third-order valence-electron chi connectivity index (χ3n) is 5.04. The van der Waals surface area contributed by atoms with Gasteiger partial charge in [-0.1, -0.05) is 11.8 Å². The molecule has 3 rings (SSSR count). The molecule has 0 aliphatic carbocycles. The lowest BCUT2D eigenvalue weighted by Crippen LogP contribution is -2.37. The summed E-state index contributed by atoms with van der Waals surface area (Å²) in [5.74, 6) is 1.79. The van der Waals surface area contributed by atoms with E-state index in [9.17, 15) is 14.4 Å². The normalized spacial score (nSPS) is 13.9. The number of aromatic nitrogens is 2. The molecule has 9 heteroatoms. The van der Waals surface area contributed by atoms with Crippen LogP contribution in [0.4, 0.5) is 5.69 Å². The molecule has 1 aliphatic rings. The van der Waals surface area contributed by atoms with Gasteiger partial charge >= 0.3 is 0 Å². The van der Waals surface area contributed by atoms with Gasteiger partial charge < -0.3 is 15.2 Å². The maximum absolute atomic E-state index is 12.6. The monoisotopic (exact) mass is 446 g/mol. The minimum Gasteiger partial charge on any atom is -0.337 e. The Balaban J connectivity index is 1.61. The zero-order valence-corrected chi connectivity index (χ0v) is 19.0. The lowest BCUT2D eigenvalue weighted by Gasteiger charge is -2.26. The molecule has 0 saturated carbocycles. The summed E-state index contributed by atoms with van der Waals surface area (Å²) in [7, 11) is 0. The number of amides is 2. The van der Waals surface area contributed by atoms with Crippen molar-refractivity contribution in [2.75, 3.05) is 36.2 Å². The van der Waals surface area contributed by atoms with Gasteiger partial charge in [0.1, 0.15) is 0 Å². The topological polar surface area (TPSA) is 95.2 Å². The van der Waals surface area contributed by atoms with E-state index in [0.29, 0.717) is 34.1 Å². The van der Waals surface area contributed by atoms with Gasteiger partial charge in [-0.3, -0.25) is 14.4 Å². The van der Waals surface area contributed by atoms with Crippen LogP contribution < -0.4 is 10.9 Å². The van der Waals surface area contributed by atoms with E-state index in [0.717, 1.165) is 30.2 Å². The molecule has 1 aromatic carbocycles. The summed E-state index contributed by atoms with van der Waals surface area (Å²) in [6, 6.07) is 5.35. The van der Waals surface area contributed by atoms with Gasteiger partial charge in [-0.2, -0.15) is 11.8 Å². The van der Waals surface area contributed by atoms with Crippen LogP contribution >= 0.6 is 23.5 Å². The smallest absolute Gasteiger partial charge is 0.254 e. The standard InChI is InChI=1S/C21H26N4O3S2/c1-13-12-15(20(28)25-8-10-30-11-9-25)4-6-17(13)23-18(26)7-5-16-14(2)22-21(29-3)24-19(16)27/h4,6,12H,5,7-11H2,1-3H3,(H,23,26)(H,22,24,27). The number of thioether (sulfide) groups is 2. The van der Waals surface area contributed by atoms with Crippen molar-refractivity contribution in [2.45, 2.75) is 31.8 Å².